The number of piperidine rings is 1. The van der Waals surface area contributed by atoms with Crippen LogP contribution in [0.3, 0.4) is 0 Å². The molecule has 2 unspecified atom stereocenters. The monoisotopic (exact) mass is 796 g/mol. The Labute approximate surface area is 324 Å². The highest BCUT2D eigenvalue weighted by Crippen LogP contribution is 2.40. The van der Waals surface area contributed by atoms with E-state index in [1.807, 2.05) is 36.4 Å². The van der Waals surface area contributed by atoms with Gasteiger partial charge in [0.1, 0.15) is 39.7 Å². The molecule has 10 nitrogen and oxygen atoms in total. The number of hydrogen-bond donors (Lipinski definition) is 3. The van der Waals surface area contributed by atoms with E-state index in [-0.39, 0.29) is 23.8 Å². The third-order valence-electron chi connectivity index (χ3n) is 10.9. The predicted molar refractivity (Wildman–Crippen MR) is 210 cm³/mol. The number of amides is 1. The van der Waals surface area contributed by atoms with Gasteiger partial charge in [0.05, 0.1) is 12.8 Å². The van der Waals surface area contributed by atoms with E-state index in [0.29, 0.717) is 35.7 Å². The molecule has 3 saturated heterocycles. The van der Waals surface area contributed by atoms with E-state index in [0.717, 1.165) is 107 Å². The first kappa shape index (κ1) is 37.1. The van der Waals surface area contributed by atoms with Crippen LogP contribution in [-0.4, -0.2) is 94.0 Å². The first-order valence-corrected chi connectivity index (χ1v) is 21.3. The Morgan fingerprint density at radius 2 is 1.33 bits per heavy atom. The number of aryl methyl sites for hydroxylation is 2. The number of hydrogen-bond acceptors (Lipinski definition) is 9. The van der Waals surface area contributed by atoms with Gasteiger partial charge in [-0.1, -0.05) is 35.9 Å². The van der Waals surface area contributed by atoms with E-state index >= 15 is 0 Å². The molecule has 0 saturated carbocycles. The molecule has 2 aromatic heterocycles. The van der Waals surface area contributed by atoms with Gasteiger partial charge < -0.3 is 24.8 Å². The number of rotatable bonds is 6. The lowest BCUT2D eigenvalue weighted by molar-refractivity contribution is 0.113. The van der Waals surface area contributed by atoms with Gasteiger partial charge in [0, 0.05) is 82.1 Å². The summed E-state index contributed by atoms with van der Waals surface area (Å²) in [5.41, 5.74) is 5.11. The molecule has 3 atom stereocenters. The Balaban J connectivity index is 0.000000164. The van der Waals surface area contributed by atoms with E-state index in [1.165, 1.54) is 31.4 Å². The average molecular weight is 797 g/mol. The fourth-order valence-corrected chi connectivity index (χ4v) is 11.0. The summed E-state index contributed by atoms with van der Waals surface area (Å²) in [4.78, 5) is 29.4. The topological polar surface area (TPSA) is 114 Å². The number of nitrogens with zero attached hydrogens (tertiary/aromatic N) is 5. The number of likely N-dealkylation sites (tertiary alicyclic amines) is 1. The molecule has 54 heavy (non-hydrogen) atoms. The molecule has 5 aliphatic rings. The van der Waals surface area contributed by atoms with Gasteiger partial charge in [-0.3, -0.25) is 0 Å². The number of pyridine rings is 2. The standard InChI is InChI=1S/C23H28FN4O3S.C16H15ClFN2OS/c1-31-23(29)27-9-2-3-18(14-27)25-20-11-21(26-19-8-10-32(30)22(19)20)28-12-16(13-28)15-4-6-17(24)7-5-15;17-13-7-15(19-14-5-6-22(21)16(13)14)20-8-11(9-20)10-1-3-12(18)4-2-10/h4-7,11,16,18,30H,2-3,8-10,12-14H2,1H3,(H,25,26);1-4,7,11,21H,5-6,8-9H2/q2*+1/t18-,32?;/m1./s1. The van der Waals surface area contributed by atoms with Gasteiger partial charge in [-0.05, 0) is 48.2 Å². The highest BCUT2D eigenvalue weighted by atomic mass is 35.5. The molecule has 3 fully saturated rings. The van der Waals surface area contributed by atoms with E-state index < -0.39 is 22.4 Å². The molecule has 7 heterocycles. The Morgan fingerprint density at radius 3 is 1.89 bits per heavy atom. The molecular formula is C39H43ClF2N6O4S2+2. The van der Waals surface area contributed by atoms with Gasteiger partial charge in [-0.15, -0.1) is 0 Å². The van der Waals surface area contributed by atoms with Gasteiger partial charge in [0.2, 0.25) is 9.79 Å². The maximum absolute atomic E-state index is 13.2. The minimum absolute atomic E-state index is 0.100. The second-order valence-corrected chi connectivity index (χ2v) is 17.9. The summed E-state index contributed by atoms with van der Waals surface area (Å²) in [7, 11) is 1.41. The third-order valence-corrected chi connectivity index (χ3v) is 14.3. The minimum atomic E-state index is -0.811. The largest absolute Gasteiger partial charge is 0.453 e. The number of anilines is 3. The number of benzene rings is 2. The lowest BCUT2D eigenvalue weighted by Gasteiger charge is -2.41. The zero-order valence-corrected chi connectivity index (χ0v) is 32.3. The first-order valence-electron chi connectivity index (χ1n) is 18.3. The summed E-state index contributed by atoms with van der Waals surface area (Å²) in [5.74, 6) is 3.56. The van der Waals surface area contributed by atoms with Crippen molar-refractivity contribution in [3.8, 4) is 0 Å². The lowest BCUT2D eigenvalue weighted by Crippen LogP contribution is -2.46. The average Bonchev–Trinajstić information content (AvgIpc) is 3.70. The molecule has 9 rings (SSSR count). The number of fused-ring (bicyclic) bond motifs is 2. The normalized spacial score (nSPS) is 22.1. The van der Waals surface area contributed by atoms with Gasteiger partial charge in [0.25, 0.3) is 0 Å². The molecule has 5 aliphatic heterocycles. The predicted octanol–water partition coefficient (Wildman–Crippen LogP) is 6.96. The quantitative estimate of drug-likeness (QED) is 0.178. The minimum Gasteiger partial charge on any atom is -0.453 e. The van der Waals surface area contributed by atoms with Gasteiger partial charge in [-0.25, -0.2) is 23.5 Å². The van der Waals surface area contributed by atoms with Crippen LogP contribution in [0.5, 0.6) is 0 Å². The zero-order chi connectivity index (χ0) is 37.5. The van der Waals surface area contributed by atoms with Crippen LogP contribution in [-0.2, 0) is 39.9 Å². The number of ether oxygens (including phenoxy) is 1. The fourth-order valence-electron chi connectivity index (χ4n) is 7.81. The van der Waals surface area contributed by atoms with Crippen LogP contribution in [0.4, 0.5) is 30.9 Å². The van der Waals surface area contributed by atoms with Crippen LogP contribution in [0.1, 0.15) is 47.2 Å². The molecular weight excluding hydrogens is 754 g/mol. The highest BCUT2D eigenvalue weighted by Gasteiger charge is 2.40. The zero-order valence-electron chi connectivity index (χ0n) is 29.9. The van der Waals surface area contributed by atoms with Crippen molar-refractivity contribution in [2.75, 3.05) is 73.0 Å². The second kappa shape index (κ2) is 15.7. The van der Waals surface area contributed by atoms with Crippen LogP contribution in [0.25, 0.3) is 0 Å². The van der Waals surface area contributed by atoms with Crippen LogP contribution in [0.15, 0.2) is 70.5 Å². The molecule has 0 radical (unpaired) electrons. The number of nitrogens with one attached hydrogen (secondary N) is 1. The molecule has 0 bridgehead atoms. The summed E-state index contributed by atoms with van der Waals surface area (Å²) < 4.78 is 51.6. The van der Waals surface area contributed by atoms with E-state index in [9.17, 15) is 22.7 Å². The maximum Gasteiger partial charge on any atom is 0.409 e. The third kappa shape index (κ3) is 7.68. The van der Waals surface area contributed by atoms with Crippen molar-refractivity contribution >= 4 is 57.4 Å². The molecule has 284 valence electrons. The summed E-state index contributed by atoms with van der Waals surface area (Å²) in [6.45, 7) is 4.67. The van der Waals surface area contributed by atoms with Gasteiger partial charge in [0.15, 0.2) is 33.9 Å². The second-order valence-electron chi connectivity index (χ2n) is 14.4. The number of halogens is 3. The molecule has 0 aliphatic carbocycles. The molecule has 15 heteroatoms. The maximum atomic E-state index is 13.2. The summed E-state index contributed by atoms with van der Waals surface area (Å²) >= 11 is 4.74. The summed E-state index contributed by atoms with van der Waals surface area (Å²) in [6.07, 6.45) is 3.12. The van der Waals surface area contributed by atoms with Crippen molar-refractivity contribution in [3.63, 3.8) is 0 Å². The van der Waals surface area contributed by atoms with Crippen molar-refractivity contribution in [2.24, 2.45) is 0 Å². The molecule has 3 N–H and O–H groups in total. The van der Waals surface area contributed by atoms with Crippen molar-refractivity contribution in [2.45, 2.75) is 53.4 Å². The fraction of sp³-hybridized carbons (Fsp3) is 0.410. The van der Waals surface area contributed by atoms with Crippen molar-refractivity contribution < 1.29 is 27.4 Å². The smallest absolute Gasteiger partial charge is 0.409 e. The molecule has 1 amide bonds. The van der Waals surface area contributed by atoms with Crippen LogP contribution < -0.4 is 15.1 Å². The van der Waals surface area contributed by atoms with Crippen LogP contribution in [0.2, 0.25) is 5.02 Å². The number of aromatic nitrogens is 2. The number of methoxy groups -OCH3 is 1. The Hall–Kier alpha value is -3.82. The summed E-state index contributed by atoms with van der Waals surface area (Å²) in [5, 5.41) is 4.22. The van der Waals surface area contributed by atoms with Crippen molar-refractivity contribution in [3.05, 3.63) is 99.8 Å². The molecule has 0 spiro atoms. The Bertz CT molecular complexity index is 2000. The SMILES string of the molecule is COC(=O)N1CCC[C@@H](Nc2cc(N3CC(c4ccc(F)cc4)C3)nc3c2[S+](O)CC3)C1.O[S+]1CCc2nc(N3CC(c4ccc(F)cc4)C3)cc(Cl)c21. The van der Waals surface area contributed by atoms with Crippen molar-refractivity contribution in [1.82, 2.24) is 14.9 Å². The lowest BCUT2D eigenvalue weighted by atomic mass is 9.91. The number of carbonyl (C=O) groups excluding carboxylic acids is 1. The number of carbonyl (C=O) groups is 1. The van der Waals surface area contributed by atoms with Gasteiger partial charge in [-0.2, -0.15) is 9.11 Å². The van der Waals surface area contributed by atoms with Crippen LogP contribution in [0, 0.1) is 11.6 Å². The van der Waals surface area contributed by atoms with E-state index in [1.54, 1.807) is 4.90 Å². The van der Waals surface area contributed by atoms with E-state index in [4.69, 9.17) is 21.3 Å². The molecule has 4 aromatic rings. The van der Waals surface area contributed by atoms with Crippen LogP contribution >= 0.6 is 11.6 Å². The first-order chi connectivity index (χ1) is 26.1. The van der Waals surface area contributed by atoms with Crippen molar-refractivity contribution in [1.29, 1.82) is 0 Å². The Morgan fingerprint density at radius 1 is 0.815 bits per heavy atom. The van der Waals surface area contributed by atoms with E-state index in [2.05, 4.69) is 20.1 Å². The molecule has 2 aromatic carbocycles. The summed E-state index contributed by atoms with van der Waals surface area (Å²) in [6, 6.07) is 17.4. The highest BCUT2D eigenvalue weighted by molar-refractivity contribution is 7.92. The van der Waals surface area contributed by atoms with Gasteiger partial charge >= 0.3 is 6.09 Å². The Kier molecular flexibility index (Phi) is 10.8.